The predicted octanol–water partition coefficient (Wildman–Crippen LogP) is 2.31. The molecular weight excluding hydrogens is 639 g/mol. The number of hydrogen-bond donors (Lipinski definition) is 2. The molecule has 43 heavy (non-hydrogen) atoms. The molecule has 0 amide bonds. The first kappa shape index (κ1) is 39.3. The van der Waals surface area contributed by atoms with E-state index in [1.165, 1.54) is 0 Å². The second kappa shape index (κ2) is 24.3. The Morgan fingerprint density at radius 1 is 0.488 bits per heavy atom. The molecule has 2 unspecified atom stereocenters. The van der Waals surface area contributed by atoms with Gasteiger partial charge < -0.3 is 70.5 Å². The number of nitrogens with zero attached hydrogens (tertiary/aromatic N) is 3. The summed E-state index contributed by atoms with van der Waals surface area (Å²) in [5, 5.41) is 18.2. The van der Waals surface area contributed by atoms with Crippen molar-refractivity contribution in [2.45, 2.75) is 0 Å². The monoisotopic (exact) mass is 687 g/mol. The van der Waals surface area contributed by atoms with Gasteiger partial charge in [0.2, 0.25) is 0 Å². The fourth-order valence-corrected chi connectivity index (χ4v) is 12.5. The number of hydrogen-bond acceptors (Lipinski definition) is 18. The zero-order valence-corrected chi connectivity index (χ0v) is 27.7. The summed E-state index contributed by atoms with van der Waals surface area (Å²) in [4.78, 5) is 0. The minimum Gasteiger partial charge on any atom is -0.394 e. The average Bonchev–Trinajstić information content (AvgIpc) is 2.99. The summed E-state index contributed by atoms with van der Waals surface area (Å²) in [5.74, 6) is 0. The Kier molecular flexibility index (Phi) is 22.2. The summed E-state index contributed by atoms with van der Waals surface area (Å²) >= 11 is 0. The van der Waals surface area contributed by atoms with Crippen molar-refractivity contribution in [3.63, 3.8) is 0 Å². The SMILES string of the molecule is COCCOCCOP1(OCCOCCO)=NP(OCCOCCO)(OCCOCCOC)=NP2(=N1)OCCOCCO2. The van der Waals surface area contributed by atoms with Gasteiger partial charge in [-0.25, -0.2) is 0 Å². The van der Waals surface area contributed by atoms with Gasteiger partial charge in [0.05, 0.1) is 132 Å². The predicted molar refractivity (Wildman–Crippen MR) is 156 cm³/mol. The first-order valence-corrected chi connectivity index (χ1v) is 18.5. The molecule has 21 heteroatoms. The van der Waals surface area contributed by atoms with Crippen LogP contribution >= 0.6 is 23.0 Å². The lowest BCUT2D eigenvalue weighted by Crippen LogP contribution is -2.16. The first-order valence-electron chi connectivity index (χ1n) is 13.9. The summed E-state index contributed by atoms with van der Waals surface area (Å²) in [6.45, 7) is 3.30. The van der Waals surface area contributed by atoms with E-state index in [2.05, 4.69) is 0 Å². The van der Waals surface area contributed by atoms with Gasteiger partial charge in [-0.3, -0.25) is 0 Å². The molecule has 0 aromatic carbocycles. The van der Waals surface area contributed by atoms with Crippen LogP contribution in [0, 0.1) is 0 Å². The number of rotatable bonds is 26. The molecule has 256 valence electrons. The topological polar surface area (TPSA) is 198 Å². The fraction of sp³-hybridized carbons (Fsp3) is 1.00. The molecule has 1 spiro atoms. The summed E-state index contributed by atoms with van der Waals surface area (Å²) in [5.41, 5.74) is 0. The molecule has 0 aliphatic carbocycles. The maximum Gasteiger partial charge on any atom is 0.349 e. The maximum atomic E-state index is 9.08. The second-order valence-corrected chi connectivity index (χ2v) is 14.9. The molecule has 0 aromatic heterocycles. The summed E-state index contributed by atoms with van der Waals surface area (Å²) < 4.78 is 88.9. The minimum absolute atomic E-state index is 0.0220. The van der Waals surface area contributed by atoms with Gasteiger partial charge >= 0.3 is 23.0 Å². The van der Waals surface area contributed by atoms with Gasteiger partial charge in [0.15, 0.2) is 0 Å². The molecule has 2 aliphatic rings. The number of methoxy groups -OCH3 is 2. The Morgan fingerprint density at radius 2 is 0.884 bits per heavy atom. The quantitative estimate of drug-likeness (QED) is 0.0992. The van der Waals surface area contributed by atoms with E-state index in [9.17, 15) is 0 Å². The van der Waals surface area contributed by atoms with E-state index in [-0.39, 0.29) is 92.5 Å². The van der Waals surface area contributed by atoms with Crippen LogP contribution in [0.2, 0.25) is 0 Å². The molecule has 2 atom stereocenters. The third-order valence-electron chi connectivity index (χ3n) is 4.94. The lowest BCUT2D eigenvalue weighted by molar-refractivity contribution is 0.0444. The molecule has 1 fully saturated rings. The number of aliphatic hydroxyl groups excluding tert-OH is 2. The zero-order valence-electron chi connectivity index (χ0n) is 25.0. The lowest BCUT2D eigenvalue weighted by atomic mass is 10.7. The van der Waals surface area contributed by atoms with E-state index in [1.807, 2.05) is 0 Å². The van der Waals surface area contributed by atoms with Gasteiger partial charge in [-0.2, -0.15) is 0 Å². The van der Waals surface area contributed by atoms with Crippen LogP contribution in [-0.4, -0.2) is 157 Å². The molecule has 1 saturated heterocycles. The van der Waals surface area contributed by atoms with Gasteiger partial charge in [0.25, 0.3) is 0 Å². The van der Waals surface area contributed by atoms with Crippen molar-refractivity contribution >= 4 is 23.0 Å². The maximum absolute atomic E-state index is 9.08. The van der Waals surface area contributed by atoms with Gasteiger partial charge in [-0.05, 0) is 0 Å². The van der Waals surface area contributed by atoms with Gasteiger partial charge in [-0.15, -0.1) is 13.5 Å². The Hall–Kier alpha value is 0.0900. The molecule has 0 aromatic rings. The third kappa shape index (κ3) is 16.5. The highest BCUT2D eigenvalue weighted by Gasteiger charge is 2.43. The minimum atomic E-state index is -3.59. The number of aliphatic hydroxyl groups is 2. The number of ether oxygens (including phenoxy) is 7. The highest BCUT2D eigenvalue weighted by Crippen LogP contribution is 2.80. The molecule has 2 heterocycles. The zero-order chi connectivity index (χ0) is 31.0. The van der Waals surface area contributed by atoms with Crippen molar-refractivity contribution in [2.24, 2.45) is 13.5 Å². The smallest absolute Gasteiger partial charge is 0.349 e. The van der Waals surface area contributed by atoms with Crippen LogP contribution in [0.25, 0.3) is 0 Å². The van der Waals surface area contributed by atoms with Gasteiger partial charge in [0, 0.05) is 14.2 Å². The summed E-state index contributed by atoms with van der Waals surface area (Å²) in [6, 6.07) is 0. The van der Waals surface area contributed by atoms with Crippen LogP contribution in [-0.2, 0) is 60.3 Å². The van der Waals surface area contributed by atoms with Crippen LogP contribution in [0.4, 0.5) is 0 Å². The highest BCUT2D eigenvalue weighted by molar-refractivity contribution is 7.78. The first-order chi connectivity index (χ1) is 21.1. The van der Waals surface area contributed by atoms with Crippen LogP contribution < -0.4 is 0 Å². The lowest BCUT2D eigenvalue weighted by Gasteiger charge is -2.34. The summed E-state index contributed by atoms with van der Waals surface area (Å²) in [6.07, 6.45) is 0. The van der Waals surface area contributed by atoms with E-state index >= 15 is 0 Å². The largest absolute Gasteiger partial charge is 0.394 e. The Labute approximate surface area is 253 Å². The highest BCUT2D eigenvalue weighted by atomic mass is 31.3. The second-order valence-electron chi connectivity index (χ2n) is 8.23. The fourth-order valence-electron chi connectivity index (χ4n) is 3.12. The normalized spacial score (nSPS) is 23.7. The Balaban J connectivity index is 2.46. The van der Waals surface area contributed by atoms with Crippen molar-refractivity contribution in [3.05, 3.63) is 0 Å². The van der Waals surface area contributed by atoms with E-state index in [0.29, 0.717) is 39.6 Å². The van der Waals surface area contributed by atoms with Crippen molar-refractivity contribution in [3.8, 4) is 0 Å². The molecule has 0 saturated carbocycles. The third-order valence-corrected chi connectivity index (χ3v) is 13.5. The van der Waals surface area contributed by atoms with Crippen molar-refractivity contribution in [1.82, 2.24) is 0 Å². The van der Waals surface area contributed by atoms with Crippen molar-refractivity contribution in [2.75, 3.05) is 146 Å². The van der Waals surface area contributed by atoms with Gasteiger partial charge in [-0.1, -0.05) is 0 Å². The standard InChI is InChI=1S/C22H48N3O15P3/c1-28-7-9-32-13-19-37-41(35-17-11-30-5-3-26)23-42(36-18-12-31-6-4-27,38-20-14-33-10-8-29-2)25-43(24-41)39-21-15-34-16-22-40-43/h26-27H,3-22H2,1-2H3. The molecule has 2 N–H and O–H groups in total. The van der Waals surface area contributed by atoms with Crippen LogP contribution in [0.5, 0.6) is 0 Å². The van der Waals surface area contributed by atoms with E-state index in [4.69, 9.17) is 84.1 Å². The summed E-state index contributed by atoms with van der Waals surface area (Å²) in [7, 11) is -7.48. The Bertz CT molecular complexity index is 841. The molecule has 2 rings (SSSR count). The molecule has 0 bridgehead atoms. The van der Waals surface area contributed by atoms with Gasteiger partial charge in [0.1, 0.15) is 0 Å². The van der Waals surface area contributed by atoms with Crippen LogP contribution in [0.1, 0.15) is 0 Å². The van der Waals surface area contributed by atoms with Crippen LogP contribution in [0.15, 0.2) is 13.5 Å². The van der Waals surface area contributed by atoms with Crippen LogP contribution in [0.3, 0.4) is 0 Å². The van der Waals surface area contributed by atoms with Crippen molar-refractivity contribution < 1.29 is 70.5 Å². The van der Waals surface area contributed by atoms with Crippen molar-refractivity contribution in [1.29, 1.82) is 0 Å². The Morgan fingerprint density at radius 3 is 1.30 bits per heavy atom. The molecule has 2 aliphatic heterocycles. The molecule has 0 radical (unpaired) electrons. The van der Waals surface area contributed by atoms with E-state index < -0.39 is 23.0 Å². The average molecular weight is 688 g/mol. The van der Waals surface area contributed by atoms with E-state index in [0.717, 1.165) is 0 Å². The van der Waals surface area contributed by atoms with E-state index in [1.54, 1.807) is 14.2 Å². The molecular formula is C22H48N3O15P3. The molecule has 18 nitrogen and oxygen atoms in total.